The highest BCUT2D eigenvalue weighted by Crippen LogP contribution is 2.02. The van der Waals surface area contributed by atoms with E-state index in [2.05, 4.69) is 0 Å². The first kappa shape index (κ1) is 16.1. The van der Waals surface area contributed by atoms with E-state index in [0.717, 1.165) is 6.41 Å². The molecular weight excluding hydrogens is 266 g/mol. The van der Waals surface area contributed by atoms with Crippen LogP contribution in [0.4, 0.5) is 0 Å². The first-order valence-corrected chi connectivity index (χ1v) is 5.96. The second kappa shape index (κ2) is 6.12. The molecule has 0 aliphatic heterocycles. The summed E-state index contributed by atoms with van der Waals surface area (Å²) in [5.41, 5.74) is -2.16. The lowest BCUT2D eigenvalue weighted by Crippen LogP contribution is -2.28. The Morgan fingerprint density at radius 2 is 1.67 bits per heavy atom. The van der Waals surface area contributed by atoms with Crippen molar-refractivity contribution in [1.29, 1.82) is 0 Å². The maximum atomic E-state index is 10.9. The molecule has 0 spiro atoms. The second-order valence-corrected chi connectivity index (χ2v) is 4.76. The molecule has 0 aliphatic rings. The van der Waals surface area contributed by atoms with Gasteiger partial charge < -0.3 is 9.88 Å². The quantitative estimate of drug-likeness (QED) is 0.436. The fraction of sp³-hybridized carbons (Fsp3) is 0.375. The number of amides is 1. The van der Waals surface area contributed by atoms with Gasteiger partial charge in [-0.05, 0) is 6.92 Å². The molecule has 9 nitrogen and oxygen atoms in total. The average Bonchev–Trinajstić information content (AvgIpc) is 2.14. The van der Waals surface area contributed by atoms with Crippen LogP contribution in [-0.2, 0) is 14.9 Å². The Kier molecular flexibility index (Phi) is 5.46. The van der Waals surface area contributed by atoms with Crippen LogP contribution in [0.1, 0.15) is 5.69 Å². The summed E-state index contributed by atoms with van der Waals surface area (Å²) in [6.45, 7) is 1.19. The Hall–Kier alpha value is -1.94. The van der Waals surface area contributed by atoms with Gasteiger partial charge in [-0.25, -0.2) is 4.79 Å². The van der Waals surface area contributed by atoms with Crippen molar-refractivity contribution in [3.05, 3.63) is 26.5 Å². The molecule has 3 N–H and O–H groups in total. The zero-order chi connectivity index (χ0) is 14.5. The van der Waals surface area contributed by atoms with Gasteiger partial charge in [0.05, 0.1) is 0 Å². The molecule has 0 fully saturated rings. The number of aromatic nitrogens is 2. The molecule has 0 aromatic carbocycles. The molecule has 18 heavy (non-hydrogen) atoms. The number of H-pyrrole nitrogens is 2. The minimum Gasteiger partial charge on any atom is -0.351 e. The SMILES string of the molecule is CN(C)C=O.Cc1[nH]c(=O)[nH]c(=O)c1S(=O)(=O)O. The highest BCUT2D eigenvalue weighted by atomic mass is 32.2. The average molecular weight is 279 g/mol. The number of carbonyl (C=O) groups excluding carboxylic acids is 1. The summed E-state index contributed by atoms with van der Waals surface area (Å²) in [6.07, 6.45) is 0.750. The largest absolute Gasteiger partial charge is 0.351 e. The molecule has 0 atom stereocenters. The lowest BCUT2D eigenvalue weighted by atomic mass is 10.4. The maximum Gasteiger partial charge on any atom is 0.325 e. The van der Waals surface area contributed by atoms with Crippen LogP contribution in [0.5, 0.6) is 0 Å². The number of hydrogen-bond acceptors (Lipinski definition) is 5. The number of aryl methyl sites for hydroxylation is 1. The number of carbonyl (C=O) groups is 1. The van der Waals surface area contributed by atoms with E-state index in [0.29, 0.717) is 0 Å². The summed E-state index contributed by atoms with van der Waals surface area (Å²) >= 11 is 0. The molecule has 102 valence electrons. The minimum absolute atomic E-state index is 0.198. The van der Waals surface area contributed by atoms with Crippen LogP contribution in [0.3, 0.4) is 0 Å². The predicted octanol–water partition coefficient (Wildman–Crippen LogP) is -1.68. The molecule has 1 aromatic rings. The Bertz CT molecular complexity index is 627. The van der Waals surface area contributed by atoms with Crippen LogP contribution in [0, 0.1) is 6.92 Å². The van der Waals surface area contributed by atoms with E-state index in [4.69, 9.17) is 4.55 Å². The van der Waals surface area contributed by atoms with E-state index in [9.17, 15) is 22.8 Å². The van der Waals surface area contributed by atoms with Gasteiger partial charge in [-0.2, -0.15) is 8.42 Å². The Labute approximate surface area is 102 Å². The predicted molar refractivity (Wildman–Crippen MR) is 62.0 cm³/mol. The molecule has 1 heterocycles. The van der Waals surface area contributed by atoms with E-state index >= 15 is 0 Å². The summed E-state index contributed by atoms with van der Waals surface area (Å²) in [4.78, 5) is 35.2. The van der Waals surface area contributed by atoms with Crippen LogP contribution in [-0.4, -0.2) is 48.3 Å². The van der Waals surface area contributed by atoms with Gasteiger partial charge >= 0.3 is 15.8 Å². The zero-order valence-electron chi connectivity index (χ0n) is 9.92. The fourth-order valence-electron chi connectivity index (χ4n) is 0.899. The van der Waals surface area contributed by atoms with Gasteiger partial charge in [0.15, 0.2) is 4.90 Å². The maximum absolute atomic E-state index is 10.9. The smallest absolute Gasteiger partial charge is 0.325 e. The van der Waals surface area contributed by atoms with Crippen molar-refractivity contribution >= 4 is 16.5 Å². The van der Waals surface area contributed by atoms with Crippen molar-refractivity contribution in [2.24, 2.45) is 0 Å². The minimum atomic E-state index is -4.59. The third kappa shape index (κ3) is 4.93. The Balaban J connectivity index is 0.000000494. The monoisotopic (exact) mass is 279 g/mol. The fourth-order valence-corrected chi connectivity index (χ4v) is 1.62. The van der Waals surface area contributed by atoms with Crippen LogP contribution >= 0.6 is 0 Å². The summed E-state index contributed by atoms with van der Waals surface area (Å²) in [6, 6.07) is 0. The van der Waals surface area contributed by atoms with E-state index in [1.807, 2.05) is 4.98 Å². The molecular formula is C8H13N3O6S. The van der Waals surface area contributed by atoms with Crippen LogP contribution in [0.15, 0.2) is 14.5 Å². The molecule has 0 bridgehead atoms. The van der Waals surface area contributed by atoms with Crippen molar-refractivity contribution in [2.75, 3.05) is 14.1 Å². The highest BCUT2D eigenvalue weighted by Gasteiger charge is 2.18. The molecule has 0 saturated heterocycles. The molecule has 1 amide bonds. The van der Waals surface area contributed by atoms with Crippen LogP contribution in [0.2, 0.25) is 0 Å². The summed E-state index contributed by atoms with van der Waals surface area (Å²) < 4.78 is 29.8. The number of rotatable bonds is 2. The van der Waals surface area contributed by atoms with E-state index in [1.165, 1.54) is 11.8 Å². The summed E-state index contributed by atoms with van der Waals surface area (Å²) in [5.74, 6) is 0. The molecule has 0 radical (unpaired) electrons. The number of nitrogens with zero attached hydrogens (tertiary/aromatic N) is 1. The van der Waals surface area contributed by atoms with Crippen molar-refractivity contribution < 1.29 is 17.8 Å². The van der Waals surface area contributed by atoms with Crippen molar-refractivity contribution in [3.8, 4) is 0 Å². The topological polar surface area (TPSA) is 140 Å². The molecule has 10 heteroatoms. The molecule has 1 rings (SSSR count). The van der Waals surface area contributed by atoms with Crippen LogP contribution in [0.25, 0.3) is 0 Å². The van der Waals surface area contributed by atoms with Gasteiger partial charge in [0.25, 0.3) is 5.56 Å². The van der Waals surface area contributed by atoms with Crippen molar-refractivity contribution in [3.63, 3.8) is 0 Å². The highest BCUT2D eigenvalue weighted by molar-refractivity contribution is 7.85. The lowest BCUT2D eigenvalue weighted by Gasteiger charge is -1.98. The van der Waals surface area contributed by atoms with Crippen molar-refractivity contribution in [2.45, 2.75) is 11.8 Å². The van der Waals surface area contributed by atoms with E-state index < -0.39 is 26.3 Å². The molecule has 0 aliphatic carbocycles. The van der Waals surface area contributed by atoms with E-state index in [1.54, 1.807) is 19.1 Å². The number of nitrogens with one attached hydrogen (secondary N) is 2. The normalized spacial score (nSPS) is 10.2. The lowest BCUT2D eigenvalue weighted by molar-refractivity contribution is -0.115. The van der Waals surface area contributed by atoms with Gasteiger partial charge in [0.2, 0.25) is 6.41 Å². The van der Waals surface area contributed by atoms with E-state index in [-0.39, 0.29) is 5.69 Å². The molecule has 1 aromatic heterocycles. The standard InChI is InChI=1S/C5H6N2O5S.C3H7NO/c1-2-3(13(10,11)12)4(8)7-5(9)6-2;1-4(2)3-5/h1H3,(H,10,11,12)(H2,6,7,8,9);3H,1-2H3. The third-order valence-electron chi connectivity index (χ3n) is 1.54. The Morgan fingerprint density at radius 3 is 1.94 bits per heavy atom. The zero-order valence-corrected chi connectivity index (χ0v) is 10.7. The molecule has 0 saturated carbocycles. The molecule has 0 unspecified atom stereocenters. The van der Waals surface area contributed by atoms with Crippen LogP contribution < -0.4 is 11.2 Å². The summed E-state index contributed by atoms with van der Waals surface area (Å²) in [5, 5.41) is 0. The third-order valence-corrected chi connectivity index (χ3v) is 2.55. The van der Waals surface area contributed by atoms with Gasteiger partial charge in [-0.1, -0.05) is 0 Å². The number of hydrogen-bond donors (Lipinski definition) is 3. The second-order valence-electron chi connectivity index (χ2n) is 3.41. The van der Waals surface area contributed by atoms with Gasteiger partial charge in [-0.15, -0.1) is 0 Å². The Morgan fingerprint density at radius 1 is 1.22 bits per heavy atom. The first-order chi connectivity index (χ1) is 8.09. The van der Waals surface area contributed by atoms with Gasteiger partial charge in [0.1, 0.15) is 0 Å². The number of aromatic amines is 2. The van der Waals surface area contributed by atoms with Gasteiger partial charge in [0, 0.05) is 19.8 Å². The summed E-state index contributed by atoms with van der Waals surface area (Å²) in [7, 11) is -1.22. The van der Waals surface area contributed by atoms with Gasteiger partial charge in [-0.3, -0.25) is 19.1 Å². The van der Waals surface area contributed by atoms with Crippen molar-refractivity contribution in [1.82, 2.24) is 14.9 Å². The first-order valence-electron chi connectivity index (χ1n) is 4.52.